The van der Waals surface area contributed by atoms with E-state index in [1.807, 2.05) is 18.2 Å². The van der Waals surface area contributed by atoms with Gasteiger partial charge in [0.2, 0.25) is 0 Å². The summed E-state index contributed by atoms with van der Waals surface area (Å²) in [6, 6.07) is 10.3. The fraction of sp³-hybridized carbons (Fsp3) is 0.111. The molecule has 0 aliphatic heterocycles. The van der Waals surface area contributed by atoms with Crippen LogP contribution in [0.25, 0.3) is 0 Å². The maximum atomic E-state index is 7.50. The maximum Gasteiger partial charge on any atom is 0 e. The topological polar surface area (TPSA) is 39.8 Å². The summed E-state index contributed by atoms with van der Waals surface area (Å²) >= 11 is 0. The van der Waals surface area contributed by atoms with Crippen LogP contribution in [-0.2, 0) is 28.8 Å². The summed E-state index contributed by atoms with van der Waals surface area (Å²) in [4.78, 5) is 0. The van der Waals surface area contributed by atoms with Crippen molar-refractivity contribution >= 4 is 0 Å². The summed E-state index contributed by atoms with van der Waals surface area (Å²) in [7, 11) is 0. The van der Waals surface area contributed by atoms with E-state index in [4.69, 9.17) is 9.30 Å². The molecule has 1 rings (SSSR count). The first-order chi connectivity index (χ1) is 5.39. The molecule has 65 valence electrons. The van der Waals surface area contributed by atoms with Gasteiger partial charge in [-0.05, 0) is 6.92 Å². The van der Waals surface area contributed by atoms with Gasteiger partial charge < -0.3 is 0 Å². The van der Waals surface area contributed by atoms with E-state index in [0.717, 1.165) is 0 Å². The fourth-order valence-electron chi connectivity index (χ4n) is 0.534. The van der Waals surface area contributed by atoms with Crippen LogP contribution < -0.4 is 0 Å². The predicted molar refractivity (Wildman–Crippen MR) is 39.0 cm³/mol. The Kier molecular flexibility index (Phi) is 24.3. The van der Waals surface area contributed by atoms with Crippen LogP contribution in [0.15, 0.2) is 30.3 Å². The predicted octanol–water partition coefficient (Wildman–Crippen LogP) is 1.92. The zero-order valence-electron chi connectivity index (χ0n) is 6.54. The van der Waals surface area contributed by atoms with Crippen molar-refractivity contribution < 1.29 is 28.8 Å². The van der Waals surface area contributed by atoms with E-state index in [-0.39, 0.29) is 19.5 Å². The molecule has 0 aliphatic carbocycles. The first-order valence-electron chi connectivity index (χ1n) is 2.82. The number of benzene rings is 1. The van der Waals surface area contributed by atoms with Crippen molar-refractivity contribution in [3.8, 4) is 0 Å². The van der Waals surface area contributed by atoms with Gasteiger partial charge in [0.25, 0.3) is 0 Å². The van der Waals surface area contributed by atoms with Crippen molar-refractivity contribution in [3.05, 3.63) is 49.2 Å². The van der Waals surface area contributed by atoms with Crippen molar-refractivity contribution in [3.63, 3.8) is 0 Å². The third-order valence-electron chi connectivity index (χ3n) is 0.940. The molecule has 0 N–H and O–H groups in total. The van der Waals surface area contributed by atoms with Crippen molar-refractivity contribution in [2.75, 3.05) is 0 Å². The molecule has 1 aromatic carbocycles. The summed E-state index contributed by atoms with van der Waals surface area (Å²) < 4.78 is 15.0. The maximum absolute atomic E-state index is 7.50. The van der Waals surface area contributed by atoms with E-state index >= 15 is 0 Å². The Morgan fingerprint density at radius 3 is 1.42 bits per heavy atom. The molecule has 0 fully saturated rings. The van der Waals surface area contributed by atoms with Gasteiger partial charge >= 0.3 is 22.6 Å². The van der Waals surface area contributed by atoms with Crippen LogP contribution in [0, 0.1) is 20.2 Å². The van der Waals surface area contributed by atoms with Gasteiger partial charge in [0.1, 0.15) is 0 Å². The van der Waals surface area contributed by atoms with E-state index in [0.29, 0.717) is 0 Å². The molecule has 12 heavy (non-hydrogen) atoms. The van der Waals surface area contributed by atoms with Crippen molar-refractivity contribution in [2.45, 2.75) is 6.92 Å². The number of hydrogen-bond acceptors (Lipinski definition) is 0. The number of aryl methyl sites for hydroxylation is 1. The molecule has 2 nitrogen and oxygen atoms in total. The van der Waals surface area contributed by atoms with Crippen LogP contribution >= 0.6 is 0 Å². The van der Waals surface area contributed by atoms with Gasteiger partial charge in [-0.25, -0.2) is 0 Å². The molecular weight excluding hydrogens is 243 g/mol. The quantitative estimate of drug-likeness (QED) is 0.384. The first kappa shape index (κ1) is 17.4. The van der Waals surface area contributed by atoms with Crippen LogP contribution in [-0.4, -0.2) is 0 Å². The standard InChI is InChI=1S/C7H8.2CO.Rh/c1-7-5-3-2-4-6-7;2*1-2;/h2-6H,1H3;;;. The Morgan fingerprint density at radius 2 is 1.25 bits per heavy atom. The van der Waals surface area contributed by atoms with Gasteiger partial charge in [-0.15, -0.1) is 0 Å². The molecule has 0 saturated heterocycles. The molecule has 0 amide bonds. The normalized spacial score (nSPS) is 5.42. The van der Waals surface area contributed by atoms with Crippen LogP contribution in [0.1, 0.15) is 5.56 Å². The summed E-state index contributed by atoms with van der Waals surface area (Å²) in [6.07, 6.45) is 0. The molecule has 3 heteroatoms. The van der Waals surface area contributed by atoms with E-state index in [1.54, 1.807) is 0 Å². The average Bonchev–Trinajstić information content (AvgIpc) is 2.13. The molecule has 0 spiro atoms. The van der Waals surface area contributed by atoms with E-state index in [1.165, 1.54) is 5.56 Å². The van der Waals surface area contributed by atoms with Crippen LogP contribution in [0.3, 0.4) is 0 Å². The minimum Gasteiger partial charge on any atom is 0 e. The molecule has 1 radical (unpaired) electrons. The third-order valence-corrected chi connectivity index (χ3v) is 0.940. The van der Waals surface area contributed by atoms with E-state index in [9.17, 15) is 0 Å². The van der Waals surface area contributed by atoms with Crippen molar-refractivity contribution in [1.82, 2.24) is 0 Å². The third kappa shape index (κ3) is 12.0. The second-order valence-corrected chi connectivity index (χ2v) is 1.65. The zero-order valence-corrected chi connectivity index (χ0v) is 8.18. The molecule has 0 bridgehead atoms. The van der Waals surface area contributed by atoms with Crippen LogP contribution in [0.2, 0.25) is 0 Å². The SMILES string of the molecule is Cc1ccccc1.[C-]#[O+].[C-]#[O+].[Rh]. The minimum absolute atomic E-state index is 0. The smallest absolute Gasteiger partial charge is 0 e. The van der Waals surface area contributed by atoms with Gasteiger partial charge in [-0.1, -0.05) is 35.9 Å². The van der Waals surface area contributed by atoms with Crippen molar-refractivity contribution in [2.24, 2.45) is 0 Å². The summed E-state index contributed by atoms with van der Waals surface area (Å²) in [6.45, 7) is 11.1. The second-order valence-electron chi connectivity index (χ2n) is 1.65. The second kappa shape index (κ2) is 16.7. The molecule has 0 aromatic heterocycles. The van der Waals surface area contributed by atoms with Gasteiger partial charge in [0, 0.05) is 19.5 Å². The molecule has 0 heterocycles. The summed E-state index contributed by atoms with van der Waals surface area (Å²) in [5.74, 6) is 0. The number of rotatable bonds is 0. The Bertz CT molecular complexity index is 198. The van der Waals surface area contributed by atoms with E-state index in [2.05, 4.69) is 32.4 Å². The Balaban J connectivity index is -0.000000144. The molecule has 0 saturated carbocycles. The monoisotopic (exact) mass is 251 g/mol. The minimum atomic E-state index is 0. The Labute approximate surface area is 85.2 Å². The van der Waals surface area contributed by atoms with Crippen LogP contribution in [0.4, 0.5) is 0 Å². The summed E-state index contributed by atoms with van der Waals surface area (Å²) in [5.41, 5.74) is 1.32. The number of hydrogen-bond donors (Lipinski definition) is 0. The van der Waals surface area contributed by atoms with Crippen LogP contribution in [0.5, 0.6) is 0 Å². The first-order valence-corrected chi connectivity index (χ1v) is 2.82. The van der Waals surface area contributed by atoms with Gasteiger partial charge in [-0.2, -0.15) is 0 Å². The molecule has 0 unspecified atom stereocenters. The average molecular weight is 251 g/mol. The van der Waals surface area contributed by atoms with Gasteiger partial charge in [0.05, 0.1) is 0 Å². The Morgan fingerprint density at radius 1 is 0.917 bits per heavy atom. The molecule has 0 atom stereocenters. The van der Waals surface area contributed by atoms with Gasteiger partial charge in [-0.3, -0.25) is 0 Å². The fourth-order valence-corrected chi connectivity index (χ4v) is 0.534. The summed E-state index contributed by atoms with van der Waals surface area (Å²) in [5, 5.41) is 0. The molecule has 0 aliphatic rings. The van der Waals surface area contributed by atoms with Crippen molar-refractivity contribution in [1.29, 1.82) is 0 Å². The molecular formula is C9H8O2Rh. The largest absolute Gasteiger partial charge is 0 e. The van der Waals surface area contributed by atoms with Gasteiger partial charge in [0.15, 0.2) is 0 Å². The zero-order chi connectivity index (χ0) is 9.11. The van der Waals surface area contributed by atoms with E-state index < -0.39 is 0 Å². The molecule has 1 aromatic rings. The Hall–Kier alpha value is -0.677.